The summed E-state index contributed by atoms with van der Waals surface area (Å²) >= 11 is 0. The van der Waals surface area contributed by atoms with Crippen LogP contribution in [0.1, 0.15) is 5.82 Å². The van der Waals surface area contributed by atoms with Crippen LogP contribution in [0.15, 0.2) is 24.3 Å². The quantitative estimate of drug-likeness (QED) is 0.740. The van der Waals surface area contributed by atoms with E-state index in [2.05, 4.69) is 10.2 Å². The fourth-order valence-corrected chi connectivity index (χ4v) is 1.31. The SMILES string of the molecule is COc1ccc(-c2nnc(C)n2N)cc1. The number of aryl methyl sites for hydroxylation is 1. The van der Waals surface area contributed by atoms with Gasteiger partial charge < -0.3 is 10.6 Å². The summed E-state index contributed by atoms with van der Waals surface area (Å²) in [5.74, 6) is 7.90. The fourth-order valence-electron chi connectivity index (χ4n) is 1.31. The van der Waals surface area contributed by atoms with E-state index in [-0.39, 0.29) is 0 Å². The number of hydrogen-bond acceptors (Lipinski definition) is 4. The molecule has 1 aromatic heterocycles. The van der Waals surface area contributed by atoms with E-state index in [9.17, 15) is 0 Å². The van der Waals surface area contributed by atoms with Gasteiger partial charge in [-0.05, 0) is 31.2 Å². The molecule has 0 saturated carbocycles. The van der Waals surface area contributed by atoms with Crippen molar-refractivity contribution in [2.24, 2.45) is 0 Å². The number of nitrogens with two attached hydrogens (primary N) is 1. The van der Waals surface area contributed by atoms with Gasteiger partial charge in [0.25, 0.3) is 0 Å². The van der Waals surface area contributed by atoms with Gasteiger partial charge >= 0.3 is 0 Å². The minimum absolute atomic E-state index is 0.648. The normalized spacial score (nSPS) is 10.3. The van der Waals surface area contributed by atoms with Gasteiger partial charge in [-0.1, -0.05) is 0 Å². The largest absolute Gasteiger partial charge is 0.497 e. The van der Waals surface area contributed by atoms with E-state index >= 15 is 0 Å². The molecule has 0 saturated heterocycles. The van der Waals surface area contributed by atoms with E-state index in [4.69, 9.17) is 10.6 Å². The molecule has 2 aromatic rings. The molecule has 2 N–H and O–H groups in total. The number of nitrogens with zero attached hydrogens (tertiary/aromatic N) is 3. The van der Waals surface area contributed by atoms with E-state index in [0.717, 1.165) is 11.3 Å². The topological polar surface area (TPSA) is 66.0 Å². The average Bonchev–Trinajstić information content (AvgIpc) is 2.60. The van der Waals surface area contributed by atoms with Gasteiger partial charge in [0, 0.05) is 5.56 Å². The van der Waals surface area contributed by atoms with Gasteiger partial charge in [0.05, 0.1) is 7.11 Å². The van der Waals surface area contributed by atoms with Crippen LogP contribution in [0.5, 0.6) is 5.75 Å². The minimum atomic E-state index is 0.648. The molecular formula is C10H12N4O. The lowest BCUT2D eigenvalue weighted by Gasteiger charge is -2.03. The Balaban J connectivity index is 2.41. The first kappa shape index (κ1) is 9.51. The second kappa shape index (κ2) is 3.61. The Morgan fingerprint density at radius 1 is 1.20 bits per heavy atom. The zero-order valence-electron chi connectivity index (χ0n) is 8.64. The maximum Gasteiger partial charge on any atom is 0.182 e. The number of benzene rings is 1. The summed E-state index contributed by atoms with van der Waals surface area (Å²) in [6.07, 6.45) is 0. The molecule has 0 aliphatic rings. The lowest BCUT2D eigenvalue weighted by molar-refractivity contribution is 0.415. The predicted octanol–water partition coefficient (Wildman–Crippen LogP) is 0.976. The smallest absolute Gasteiger partial charge is 0.182 e. The monoisotopic (exact) mass is 204 g/mol. The van der Waals surface area contributed by atoms with E-state index in [0.29, 0.717) is 11.6 Å². The highest BCUT2D eigenvalue weighted by Crippen LogP contribution is 2.19. The third-order valence-electron chi connectivity index (χ3n) is 2.21. The Kier molecular flexibility index (Phi) is 2.29. The minimum Gasteiger partial charge on any atom is -0.497 e. The molecule has 0 fully saturated rings. The van der Waals surface area contributed by atoms with Crippen LogP contribution in [0.25, 0.3) is 11.4 Å². The van der Waals surface area contributed by atoms with Gasteiger partial charge in [-0.2, -0.15) is 0 Å². The number of methoxy groups -OCH3 is 1. The molecule has 0 radical (unpaired) electrons. The number of hydrogen-bond donors (Lipinski definition) is 1. The first-order valence-electron chi connectivity index (χ1n) is 4.54. The molecule has 0 atom stereocenters. The molecule has 0 spiro atoms. The van der Waals surface area contributed by atoms with Crippen molar-refractivity contribution in [3.63, 3.8) is 0 Å². The molecule has 5 heteroatoms. The third-order valence-corrected chi connectivity index (χ3v) is 2.21. The van der Waals surface area contributed by atoms with Gasteiger partial charge in [-0.15, -0.1) is 10.2 Å². The van der Waals surface area contributed by atoms with Crippen molar-refractivity contribution in [3.8, 4) is 17.1 Å². The van der Waals surface area contributed by atoms with Crippen molar-refractivity contribution in [3.05, 3.63) is 30.1 Å². The Labute approximate surface area is 87.5 Å². The van der Waals surface area contributed by atoms with Crippen LogP contribution >= 0.6 is 0 Å². The van der Waals surface area contributed by atoms with Crippen LogP contribution in [-0.4, -0.2) is 22.0 Å². The summed E-state index contributed by atoms with van der Waals surface area (Å²) in [5, 5.41) is 7.88. The number of ether oxygens (including phenoxy) is 1. The molecule has 2 rings (SSSR count). The molecule has 0 bridgehead atoms. The Morgan fingerprint density at radius 2 is 1.87 bits per heavy atom. The van der Waals surface area contributed by atoms with Gasteiger partial charge in [0.1, 0.15) is 11.6 Å². The van der Waals surface area contributed by atoms with Crippen molar-refractivity contribution in [2.45, 2.75) is 6.92 Å². The van der Waals surface area contributed by atoms with Gasteiger partial charge in [-0.25, -0.2) is 4.68 Å². The lowest BCUT2D eigenvalue weighted by Crippen LogP contribution is -2.11. The zero-order chi connectivity index (χ0) is 10.8. The Hall–Kier alpha value is -2.04. The molecule has 5 nitrogen and oxygen atoms in total. The summed E-state index contributed by atoms with van der Waals surface area (Å²) in [6, 6.07) is 7.51. The number of rotatable bonds is 2. The molecule has 78 valence electrons. The third kappa shape index (κ3) is 1.63. The molecule has 0 amide bonds. The predicted molar refractivity (Wildman–Crippen MR) is 56.9 cm³/mol. The summed E-state index contributed by atoms with van der Waals surface area (Å²) in [7, 11) is 1.63. The van der Waals surface area contributed by atoms with Crippen molar-refractivity contribution in [1.82, 2.24) is 14.9 Å². The van der Waals surface area contributed by atoms with Crippen molar-refractivity contribution in [2.75, 3.05) is 13.0 Å². The van der Waals surface area contributed by atoms with Gasteiger partial charge in [-0.3, -0.25) is 0 Å². The second-order valence-electron chi connectivity index (χ2n) is 3.17. The van der Waals surface area contributed by atoms with E-state index in [1.165, 1.54) is 4.68 Å². The molecule has 0 aliphatic carbocycles. The summed E-state index contributed by atoms with van der Waals surface area (Å²) < 4.78 is 6.53. The first-order valence-corrected chi connectivity index (χ1v) is 4.54. The highest BCUT2D eigenvalue weighted by atomic mass is 16.5. The molecule has 0 unspecified atom stereocenters. The lowest BCUT2D eigenvalue weighted by atomic mass is 10.2. The summed E-state index contributed by atoms with van der Waals surface area (Å²) in [6.45, 7) is 1.81. The molecule has 0 aliphatic heterocycles. The standard InChI is InChI=1S/C10H12N4O/c1-7-12-13-10(14(7)11)8-3-5-9(15-2)6-4-8/h3-6H,11H2,1-2H3. The maximum absolute atomic E-state index is 5.77. The van der Waals surface area contributed by atoms with Gasteiger partial charge in [0.2, 0.25) is 0 Å². The molecule has 1 heterocycles. The van der Waals surface area contributed by atoms with Crippen molar-refractivity contribution < 1.29 is 4.74 Å². The molecule has 15 heavy (non-hydrogen) atoms. The molecular weight excluding hydrogens is 192 g/mol. The zero-order valence-corrected chi connectivity index (χ0v) is 8.64. The van der Waals surface area contributed by atoms with E-state index in [1.54, 1.807) is 14.0 Å². The van der Waals surface area contributed by atoms with E-state index < -0.39 is 0 Å². The number of nitrogen functional groups attached to an aromatic ring is 1. The van der Waals surface area contributed by atoms with E-state index in [1.807, 2.05) is 24.3 Å². The fraction of sp³-hybridized carbons (Fsp3) is 0.200. The van der Waals surface area contributed by atoms with Crippen molar-refractivity contribution in [1.29, 1.82) is 0 Å². The average molecular weight is 204 g/mol. The molecule has 1 aromatic carbocycles. The summed E-state index contributed by atoms with van der Waals surface area (Å²) in [5.41, 5.74) is 0.916. The van der Waals surface area contributed by atoms with Gasteiger partial charge in [0.15, 0.2) is 5.82 Å². The number of aromatic nitrogens is 3. The van der Waals surface area contributed by atoms with Crippen LogP contribution in [0.3, 0.4) is 0 Å². The first-order chi connectivity index (χ1) is 7.22. The van der Waals surface area contributed by atoms with Crippen molar-refractivity contribution >= 4 is 0 Å². The van der Waals surface area contributed by atoms with Crippen LogP contribution in [0.4, 0.5) is 0 Å². The highest BCUT2D eigenvalue weighted by molar-refractivity contribution is 5.56. The summed E-state index contributed by atoms with van der Waals surface area (Å²) in [4.78, 5) is 0. The maximum atomic E-state index is 5.77. The Morgan fingerprint density at radius 3 is 2.33 bits per heavy atom. The second-order valence-corrected chi connectivity index (χ2v) is 3.17. The highest BCUT2D eigenvalue weighted by Gasteiger charge is 2.07. The van der Waals surface area contributed by atoms with Crippen LogP contribution in [-0.2, 0) is 0 Å². The van der Waals surface area contributed by atoms with Crippen LogP contribution < -0.4 is 10.6 Å². The Bertz CT molecular complexity index is 461. The van der Waals surface area contributed by atoms with Crippen LogP contribution in [0.2, 0.25) is 0 Å². The van der Waals surface area contributed by atoms with Crippen LogP contribution in [0, 0.1) is 6.92 Å².